The Morgan fingerprint density at radius 2 is 1.89 bits per heavy atom. The lowest BCUT2D eigenvalue weighted by Gasteiger charge is -2.36. The average Bonchev–Trinajstić information content (AvgIpc) is 3.41. The minimum Gasteiger partial charge on any atom is -0.476 e. The molecule has 0 bridgehead atoms. The van der Waals surface area contributed by atoms with Gasteiger partial charge in [-0.15, -0.1) is 11.3 Å². The predicted octanol–water partition coefficient (Wildman–Crippen LogP) is 5.46. The Balaban J connectivity index is 1.32. The standard InChI is InChI=1S/C28H33ClN4O3S/c1-4-32(18-14-21-9-7-8-15-30-21)26(34)23-19-37-25(31-23)20-12-16-33(17-13-20)27(35)28(2,3)36-24-11-6-5-10-22(24)29/h5-11,15,19-20H,4,12-14,16-18H2,1-3H3. The number of amides is 2. The fraction of sp³-hybridized carbons (Fsp3) is 0.429. The van der Waals surface area contributed by atoms with E-state index >= 15 is 0 Å². The second kappa shape index (κ2) is 12.0. The van der Waals surface area contributed by atoms with Crippen LogP contribution in [-0.4, -0.2) is 63.4 Å². The highest BCUT2D eigenvalue weighted by Gasteiger charge is 2.37. The van der Waals surface area contributed by atoms with E-state index in [1.807, 2.05) is 52.4 Å². The summed E-state index contributed by atoms with van der Waals surface area (Å²) in [6.45, 7) is 7.98. The number of likely N-dealkylation sites (tertiary alicyclic amines) is 1. The summed E-state index contributed by atoms with van der Waals surface area (Å²) in [5.41, 5.74) is 0.433. The van der Waals surface area contributed by atoms with Crippen molar-refractivity contribution in [2.75, 3.05) is 26.2 Å². The minimum atomic E-state index is -1.03. The molecule has 1 aliphatic heterocycles. The molecule has 0 N–H and O–H groups in total. The second-order valence-electron chi connectivity index (χ2n) is 9.64. The van der Waals surface area contributed by atoms with E-state index in [9.17, 15) is 9.59 Å². The Kier molecular flexibility index (Phi) is 8.82. The fourth-order valence-corrected chi connectivity index (χ4v) is 5.63. The van der Waals surface area contributed by atoms with Gasteiger partial charge in [-0.25, -0.2) is 4.98 Å². The molecule has 0 saturated carbocycles. The number of nitrogens with zero attached hydrogens (tertiary/aromatic N) is 4. The molecule has 0 aliphatic carbocycles. The molecular weight excluding hydrogens is 508 g/mol. The van der Waals surface area contributed by atoms with E-state index in [-0.39, 0.29) is 17.7 Å². The molecule has 1 saturated heterocycles. The topological polar surface area (TPSA) is 75.6 Å². The minimum absolute atomic E-state index is 0.0491. The van der Waals surface area contributed by atoms with Gasteiger partial charge in [-0.1, -0.05) is 29.8 Å². The quantitative estimate of drug-likeness (QED) is 0.360. The molecule has 1 aliphatic rings. The van der Waals surface area contributed by atoms with Crippen molar-refractivity contribution in [2.24, 2.45) is 0 Å². The molecule has 3 aromatic rings. The summed E-state index contributed by atoms with van der Waals surface area (Å²) in [6, 6.07) is 13.0. The van der Waals surface area contributed by atoms with E-state index in [1.165, 1.54) is 11.3 Å². The van der Waals surface area contributed by atoms with Crippen LogP contribution in [-0.2, 0) is 11.2 Å². The molecule has 37 heavy (non-hydrogen) atoms. The first kappa shape index (κ1) is 27.1. The molecular formula is C28H33ClN4O3S. The van der Waals surface area contributed by atoms with Gasteiger partial charge in [0.15, 0.2) is 5.60 Å². The van der Waals surface area contributed by atoms with E-state index in [2.05, 4.69) is 4.98 Å². The Labute approximate surface area is 227 Å². The summed E-state index contributed by atoms with van der Waals surface area (Å²) in [4.78, 5) is 39.1. The smallest absolute Gasteiger partial charge is 0.273 e. The molecule has 196 valence electrons. The number of hydrogen-bond acceptors (Lipinski definition) is 6. The number of ether oxygens (including phenoxy) is 1. The monoisotopic (exact) mass is 540 g/mol. The van der Waals surface area contributed by atoms with Crippen molar-refractivity contribution < 1.29 is 14.3 Å². The normalized spacial score (nSPS) is 14.4. The van der Waals surface area contributed by atoms with Crippen molar-refractivity contribution in [3.63, 3.8) is 0 Å². The molecule has 2 amide bonds. The fourth-order valence-electron chi connectivity index (χ4n) is 4.49. The molecule has 3 heterocycles. The highest BCUT2D eigenvalue weighted by Crippen LogP contribution is 2.33. The lowest BCUT2D eigenvalue weighted by molar-refractivity contribution is -0.146. The Bertz CT molecular complexity index is 1210. The number of thiazole rings is 1. The molecule has 0 spiro atoms. The number of piperidine rings is 1. The predicted molar refractivity (Wildman–Crippen MR) is 146 cm³/mol. The maximum Gasteiger partial charge on any atom is 0.273 e. The third-order valence-corrected chi connectivity index (χ3v) is 7.94. The Morgan fingerprint density at radius 3 is 2.57 bits per heavy atom. The van der Waals surface area contributed by atoms with Gasteiger partial charge in [-0.2, -0.15) is 0 Å². The first-order valence-electron chi connectivity index (χ1n) is 12.7. The van der Waals surface area contributed by atoms with E-state index < -0.39 is 5.60 Å². The molecule has 9 heteroatoms. The van der Waals surface area contributed by atoms with Crippen LogP contribution < -0.4 is 4.74 Å². The van der Waals surface area contributed by atoms with Crippen LogP contribution in [0.1, 0.15) is 60.7 Å². The van der Waals surface area contributed by atoms with Crippen molar-refractivity contribution in [3.8, 4) is 5.75 Å². The van der Waals surface area contributed by atoms with Gasteiger partial charge in [0, 0.05) is 55.8 Å². The molecule has 0 atom stereocenters. The van der Waals surface area contributed by atoms with Crippen LogP contribution in [0.25, 0.3) is 0 Å². The van der Waals surface area contributed by atoms with Gasteiger partial charge in [-0.05, 0) is 57.9 Å². The van der Waals surface area contributed by atoms with Crippen LogP contribution in [0.5, 0.6) is 5.75 Å². The van der Waals surface area contributed by atoms with Crippen LogP contribution in [0.15, 0.2) is 54.0 Å². The molecule has 2 aromatic heterocycles. The first-order valence-corrected chi connectivity index (χ1v) is 13.9. The van der Waals surface area contributed by atoms with Crippen molar-refractivity contribution >= 4 is 34.8 Å². The van der Waals surface area contributed by atoms with Gasteiger partial charge >= 0.3 is 0 Å². The lowest BCUT2D eigenvalue weighted by Crippen LogP contribution is -2.51. The number of para-hydroxylation sites is 1. The number of likely N-dealkylation sites (N-methyl/N-ethyl adjacent to an activating group) is 1. The number of rotatable bonds is 9. The highest BCUT2D eigenvalue weighted by molar-refractivity contribution is 7.09. The number of pyridine rings is 1. The summed E-state index contributed by atoms with van der Waals surface area (Å²) in [5, 5.41) is 3.30. The van der Waals surface area contributed by atoms with Crippen LogP contribution in [0.3, 0.4) is 0 Å². The number of halogens is 1. The zero-order valence-corrected chi connectivity index (χ0v) is 23.1. The van der Waals surface area contributed by atoms with E-state index in [4.69, 9.17) is 21.3 Å². The molecule has 1 fully saturated rings. The summed E-state index contributed by atoms with van der Waals surface area (Å²) >= 11 is 7.75. The summed E-state index contributed by atoms with van der Waals surface area (Å²) in [6.07, 6.45) is 4.07. The Hall–Kier alpha value is -2.97. The third kappa shape index (κ3) is 6.67. The molecule has 4 rings (SSSR count). The van der Waals surface area contributed by atoms with Gasteiger partial charge in [0.05, 0.1) is 10.0 Å². The molecule has 1 aromatic carbocycles. The van der Waals surface area contributed by atoms with E-state index in [0.29, 0.717) is 49.1 Å². The van der Waals surface area contributed by atoms with Gasteiger partial charge in [0.25, 0.3) is 11.8 Å². The highest BCUT2D eigenvalue weighted by atomic mass is 35.5. The maximum absolute atomic E-state index is 13.2. The number of carbonyl (C=O) groups is 2. The lowest BCUT2D eigenvalue weighted by atomic mass is 9.96. The van der Waals surface area contributed by atoms with Crippen molar-refractivity contribution in [3.05, 3.63) is 75.5 Å². The van der Waals surface area contributed by atoms with Gasteiger partial charge in [-0.3, -0.25) is 14.6 Å². The van der Waals surface area contributed by atoms with Gasteiger partial charge in [0.1, 0.15) is 11.4 Å². The molecule has 0 unspecified atom stereocenters. The van der Waals surface area contributed by atoms with E-state index in [0.717, 1.165) is 23.5 Å². The zero-order chi connectivity index (χ0) is 26.4. The molecule has 7 nitrogen and oxygen atoms in total. The average molecular weight is 541 g/mol. The number of hydrogen-bond donors (Lipinski definition) is 0. The maximum atomic E-state index is 13.2. The summed E-state index contributed by atoms with van der Waals surface area (Å²) < 4.78 is 5.99. The third-order valence-electron chi connectivity index (χ3n) is 6.62. The van der Waals surface area contributed by atoms with Gasteiger partial charge < -0.3 is 14.5 Å². The molecule has 0 radical (unpaired) electrons. The van der Waals surface area contributed by atoms with Crippen LogP contribution in [0, 0.1) is 0 Å². The first-order chi connectivity index (χ1) is 17.8. The van der Waals surface area contributed by atoms with Crippen molar-refractivity contribution in [2.45, 2.75) is 51.6 Å². The number of aromatic nitrogens is 2. The largest absolute Gasteiger partial charge is 0.476 e. The number of carbonyl (C=O) groups excluding carboxylic acids is 2. The van der Waals surface area contributed by atoms with Crippen LogP contribution in [0.2, 0.25) is 5.02 Å². The van der Waals surface area contributed by atoms with Gasteiger partial charge in [0.2, 0.25) is 0 Å². The summed E-state index contributed by atoms with van der Waals surface area (Å²) in [5.74, 6) is 0.615. The van der Waals surface area contributed by atoms with Crippen LogP contribution in [0.4, 0.5) is 0 Å². The number of benzene rings is 1. The Morgan fingerprint density at radius 1 is 1.16 bits per heavy atom. The zero-order valence-electron chi connectivity index (χ0n) is 21.5. The summed E-state index contributed by atoms with van der Waals surface area (Å²) in [7, 11) is 0. The van der Waals surface area contributed by atoms with Crippen molar-refractivity contribution in [1.29, 1.82) is 0 Å². The SMILES string of the molecule is CCN(CCc1ccccn1)C(=O)c1csc(C2CCN(C(=O)C(C)(C)Oc3ccccc3Cl)CC2)n1. The van der Waals surface area contributed by atoms with Crippen molar-refractivity contribution in [1.82, 2.24) is 19.8 Å². The second-order valence-corrected chi connectivity index (χ2v) is 10.9. The van der Waals surface area contributed by atoms with E-state index in [1.54, 1.807) is 32.2 Å². The van der Waals surface area contributed by atoms with Crippen LogP contribution >= 0.6 is 22.9 Å².